The quantitative estimate of drug-likeness (QED) is 0.185. The molecule has 11 nitrogen and oxygen atoms in total. The van der Waals surface area contributed by atoms with Gasteiger partial charge in [-0.1, -0.05) is 35.1 Å². The molecule has 0 amide bonds. The number of fused-ring (bicyclic) bond motifs is 2. The Kier molecular flexibility index (Phi) is 9.93. The summed E-state index contributed by atoms with van der Waals surface area (Å²) in [7, 11) is 1.29. The van der Waals surface area contributed by atoms with Crippen molar-refractivity contribution >= 4 is 35.0 Å². The zero-order valence-electron chi connectivity index (χ0n) is 26.7. The first-order valence-corrected chi connectivity index (χ1v) is 16.5. The first kappa shape index (κ1) is 33.0. The maximum absolute atomic E-state index is 14.1. The van der Waals surface area contributed by atoms with Gasteiger partial charge in [0.25, 0.3) is 5.56 Å². The molecule has 3 heterocycles. The number of hydrogen-bond donors (Lipinski definition) is 0. The van der Waals surface area contributed by atoms with Gasteiger partial charge in [-0.25, -0.2) is 9.79 Å². The second-order valence-electron chi connectivity index (χ2n) is 10.5. The Morgan fingerprint density at radius 3 is 2.48 bits per heavy atom. The SMILES string of the molecule is CCOc1ccc([C@@H]2C(C(=O)OC)=CN=c3s/c(=C\c4cc(Cl)c(OCc5ccc6c(c5)OCO6)c(OCC)c4)c(=O)n32)cc1OCC. The van der Waals surface area contributed by atoms with E-state index in [2.05, 4.69) is 4.99 Å². The Labute approximate surface area is 285 Å². The van der Waals surface area contributed by atoms with Gasteiger partial charge in [-0.05, 0) is 79.9 Å². The standard InChI is InChI=1S/C35H33ClN2O9S/c1-5-42-25-11-9-22(16-28(25)43-6-2)31-23(34(40)41-4)17-37-35-38(31)33(39)30(48-35)15-21-12-24(36)32(29(14-21)44-7-3)45-18-20-8-10-26-27(13-20)47-19-46-26/h8-17,31H,5-7,18-19H2,1-4H3/b30-15-/t31-/m1/s1. The van der Waals surface area contributed by atoms with Gasteiger partial charge in [0.15, 0.2) is 39.3 Å². The number of carbonyl (C=O) groups excluding carboxylic acids is 1. The summed E-state index contributed by atoms with van der Waals surface area (Å²) in [6, 6.07) is 13.6. The van der Waals surface area contributed by atoms with Crippen molar-refractivity contribution < 1.29 is 38.0 Å². The van der Waals surface area contributed by atoms with E-state index in [1.54, 1.807) is 36.4 Å². The molecule has 2 aliphatic heterocycles. The second-order valence-corrected chi connectivity index (χ2v) is 11.9. The monoisotopic (exact) mass is 692 g/mol. The molecule has 3 aromatic carbocycles. The van der Waals surface area contributed by atoms with E-state index in [1.165, 1.54) is 29.2 Å². The molecule has 1 atom stereocenters. The van der Waals surface area contributed by atoms with Gasteiger partial charge >= 0.3 is 5.97 Å². The van der Waals surface area contributed by atoms with Crippen LogP contribution in [-0.4, -0.2) is 44.3 Å². The van der Waals surface area contributed by atoms with Crippen molar-refractivity contribution in [2.45, 2.75) is 33.4 Å². The van der Waals surface area contributed by atoms with Crippen LogP contribution in [0.3, 0.4) is 0 Å². The van der Waals surface area contributed by atoms with Crippen LogP contribution in [-0.2, 0) is 16.1 Å². The third-order valence-electron chi connectivity index (χ3n) is 7.46. The van der Waals surface area contributed by atoms with Gasteiger partial charge in [0, 0.05) is 6.20 Å². The summed E-state index contributed by atoms with van der Waals surface area (Å²) in [6.45, 7) is 7.22. The molecular weight excluding hydrogens is 660 g/mol. The van der Waals surface area contributed by atoms with Crippen molar-refractivity contribution in [2.24, 2.45) is 4.99 Å². The Bertz CT molecular complexity index is 2070. The molecular formula is C35H33ClN2O9S. The number of nitrogens with zero attached hydrogens (tertiary/aromatic N) is 2. The highest BCUT2D eigenvalue weighted by Crippen LogP contribution is 2.39. The molecule has 250 valence electrons. The van der Waals surface area contributed by atoms with E-state index in [0.29, 0.717) is 79.8 Å². The molecule has 0 bridgehead atoms. The average Bonchev–Trinajstić information content (AvgIpc) is 3.68. The number of esters is 1. The topological polar surface area (TPSA) is 116 Å². The summed E-state index contributed by atoms with van der Waals surface area (Å²) in [5, 5.41) is 0.310. The number of benzene rings is 3. The number of thiazole rings is 1. The highest BCUT2D eigenvalue weighted by molar-refractivity contribution is 7.07. The van der Waals surface area contributed by atoms with Gasteiger partial charge in [-0.3, -0.25) is 9.36 Å². The summed E-state index contributed by atoms with van der Waals surface area (Å²) in [5.41, 5.74) is 1.97. The normalized spacial score (nSPS) is 14.9. The van der Waals surface area contributed by atoms with Crippen LogP contribution in [0.1, 0.15) is 43.5 Å². The summed E-state index contributed by atoms with van der Waals surface area (Å²) < 4.78 is 41.4. The van der Waals surface area contributed by atoms with Gasteiger partial charge in [0.2, 0.25) is 6.79 Å². The molecule has 0 N–H and O–H groups in total. The number of hydrogen-bond acceptors (Lipinski definition) is 11. The largest absolute Gasteiger partial charge is 0.490 e. The lowest BCUT2D eigenvalue weighted by molar-refractivity contribution is -0.136. The molecule has 0 saturated heterocycles. The third kappa shape index (κ3) is 6.58. The number of rotatable bonds is 12. The Morgan fingerprint density at radius 1 is 0.958 bits per heavy atom. The lowest BCUT2D eigenvalue weighted by atomic mass is 9.97. The summed E-state index contributed by atoms with van der Waals surface area (Å²) in [6.07, 6.45) is 3.15. The van der Waals surface area contributed by atoms with E-state index in [4.69, 9.17) is 44.8 Å². The molecule has 0 fully saturated rings. The fourth-order valence-corrected chi connectivity index (χ4v) is 6.64. The predicted molar refractivity (Wildman–Crippen MR) is 179 cm³/mol. The molecule has 0 spiro atoms. The highest BCUT2D eigenvalue weighted by Gasteiger charge is 2.31. The van der Waals surface area contributed by atoms with Crippen molar-refractivity contribution in [3.63, 3.8) is 0 Å². The number of ether oxygens (including phenoxy) is 7. The predicted octanol–water partition coefficient (Wildman–Crippen LogP) is 5.18. The van der Waals surface area contributed by atoms with Crippen LogP contribution in [0, 0.1) is 0 Å². The molecule has 0 aliphatic carbocycles. The first-order chi connectivity index (χ1) is 23.3. The van der Waals surface area contributed by atoms with Gasteiger partial charge < -0.3 is 33.2 Å². The third-order valence-corrected chi connectivity index (χ3v) is 8.74. The lowest BCUT2D eigenvalue weighted by Gasteiger charge is -2.23. The first-order valence-electron chi connectivity index (χ1n) is 15.3. The summed E-state index contributed by atoms with van der Waals surface area (Å²) >= 11 is 7.92. The molecule has 13 heteroatoms. The minimum absolute atomic E-state index is 0.183. The second kappa shape index (κ2) is 14.4. The van der Waals surface area contributed by atoms with Gasteiger partial charge in [-0.2, -0.15) is 0 Å². The molecule has 0 radical (unpaired) electrons. The molecule has 4 aromatic rings. The minimum atomic E-state index is -0.819. The molecule has 2 aliphatic rings. The molecule has 1 aromatic heterocycles. The molecule has 0 unspecified atom stereocenters. The van der Waals surface area contributed by atoms with Crippen LogP contribution in [0.2, 0.25) is 5.02 Å². The smallest absolute Gasteiger partial charge is 0.337 e. The van der Waals surface area contributed by atoms with Crippen LogP contribution >= 0.6 is 22.9 Å². The summed E-state index contributed by atoms with van der Waals surface area (Å²) in [4.78, 5) is 31.9. The molecule has 0 saturated carbocycles. The van der Waals surface area contributed by atoms with E-state index < -0.39 is 12.0 Å². The minimum Gasteiger partial charge on any atom is -0.490 e. The van der Waals surface area contributed by atoms with E-state index in [-0.39, 0.29) is 24.5 Å². The molecule has 6 rings (SSSR count). The number of methoxy groups -OCH3 is 1. The maximum atomic E-state index is 14.1. The Balaban J connectivity index is 1.37. The van der Waals surface area contributed by atoms with Crippen LogP contribution in [0.4, 0.5) is 0 Å². The van der Waals surface area contributed by atoms with Crippen molar-refractivity contribution in [3.05, 3.63) is 102 Å². The van der Waals surface area contributed by atoms with Crippen molar-refractivity contribution in [2.75, 3.05) is 33.7 Å². The number of carbonyl (C=O) groups is 1. The fraction of sp³-hybridized carbons (Fsp3) is 0.286. The van der Waals surface area contributed by atoms with Gasteiger partial charge in [-0.15, -0.1) is 0 Å². The van der Waals surface area contributed by atoms with Crippen LogP contribution in [0.5, 0.6) is 34.5 Å². The van der Waals surface area contributed by atoms with Gasteiger partial charge in [0.05, 0.1) is 48.1 Å². The van der Waals surface area contributed by atoms with Crippen molar-refractivity contribution in [3.8, 4) is 34.5 Å². The van der Waals surface area contributed by atoms with E-state index in [0.717, 1.165) is 5.56 Å². The van der Waals surface area contributed by atoms with Crippen LogP contribution < -0.4 is 43.3 Å². The lowest BCUT2D eigenvalue weighted by Crippen LogP contribution is -2.39. The number of aromatic nitrogens is 1. The van der Waals surface area contributed by atoms with E-state index >= 15 is 0 Å². The molecule has 48 heavy (non-hydrogen) atoms. The van der Waals surface area contributed by atoms with Gasteiger partial charge in [0.1, 0.15) is 6.61 Å². The summed E-state index contributed by atoms with van der Waals surface area (Å²) in [5.74, 6) is 2.59. The number of halogens is 1. The Hall–Kier alpha value is -4.94. The van der Waals surface area contributed by atoms with Crippen LogP contribution in [0.15, 0.2) is 70.1 Å². The van der Waals surface area contributed by atoms with Crippen molar-refractivity contribution in [1.29, 1.82) is 0 Å². The zero-order valence-corrected chi connectivity index (χ0v) is 28.3. The Morgan fingerprint density at radius 2 is 1.71 bits per heavy atom. The van der Waals surface area contributed by atoms with E-state index in [1.807, 2.05) is 39.0 Å². The van der Waals surface area contributed by atoms with E-state index in [9.17, 15) is 9.59 Å². The zero-order chi connectivity index (χ0) is 33.8. The van der Waals surface area contributed by atoms with Crippen molar-refractivity contribution in [1.82, 2.24) is 4.57 Å². The average molecular weight is 693 g/mol. The maximum Gasteiger partial charge on any atom is 0.337 e. The highest BCUT2D eigenvalue weighted by atomic mass is 35.5. The fourth-order valence-electron chi connectivity index (χ4n) is 5.40. The van der Waals surface area contributed by atoms with Crippen LogP contribution in [0.25, 0.3) is 6.08 Å².